The molecule has 1 heterocycles. The first kappa shape index (κ1) is 14.7. The van der Waals surface area contributed by atoms with Crippen LogP contribution in [0.1, 0.15) is 32.6 Å². The zero-order chi connectivity index (χ0) is 11.4. The summed E-state index contributed by atoms with van der Waals surface area (Å²) in [6.07, 6.45) is 4.98. The van der Waals surface area contributed by atoms with Crippen LogP contribution in [-0.2, 0) is 9.53 Å². The summed E-state index contributed by atoms with van der Waals surface area (Å²) in [6.45, 7) is 5.04. The topological polar surface area (TPSA) is 41.6 Å². The third kappa shape index (κ3) is 4.45. The highest BCUT2D eigenvalue weighted by Gasteiger charge is 2.30. The van der Waals surface area contributed by atoms with Crippen molar-refractivity contribution in [2.45, 2.75) is 44.8 Å². The first-order valence-electron chi connectivity index (χ1n) is 6.43. The summed E-state index contributed by atoms with van der Waals surface area (Å²) in [5.41, 5.74) is 0. The summed E-state index contributed by atoms with van der Waals surface area (Å²) in [5, 5.41) is 3.21. The highest BCUT2D eigenvalue weighted by molar-refractivity contribution is 5.85. The van der Waals surface area contributed by atoms with E-state index in [0.717, 1.165) is 32.5 Å². The maximum atomic E-state index is 11.9. The van der Waals surface area contributed by atoms with Gasteiger partial charge in [-0.25, -0.2) is 0 Å². The van der Waals surface area contributed by atoms with Gasteiger partial charge in [-0.3, -0.25) is 4.79 Å². The molecule has 1 N–H and O–H groups in total. The molecule has 0 radical (unpaired) electrons. The van der Waals surface area contributed by atoms with Crippen molar-refractivity contribution in [1.29, 1.82) is 0 Å². The number of carbonyl (C=O) groups is 1. The molecule has 2 rings (SSSR count). The van der Waals surface area contributed by atoms with E-state index in [1.807, 2.05) is 4.90 Å². The summed E-state index contributed by atoms with van der Waals surface area (Å²) < 4.78 is 5.49. The molecule has 0 aromatic heterocycles. The van der Waals surface area contributed by atoms with Crippen molar-refractivity contribution in [3.63, 3.8) is 0 Å². The second-order valence-electron chi connectivity index (χ2n) is 4.68. The van der Waals surface area contributed by atoms with Crippen LogP contribution in [0.4, 0.5) is 0 Å². The normalized spacial score (nSPS) is 23.2. The Morgan fingerprint density at radius 3 is 2.71 bits per heavy atom. The van der Waals surface area contributed by atoms with Gasteiger partial charge in [-0.2, -0.15) is 0 Å². The van der Waals surface area contributed by atoms with E-state index < -0.39 is 0 Å². The number of amides is 1. The zero-order valence-corrected chi connectivity index (χ0v) is 11.3. The molecule has 2 aliphatic rings. The SMILES string of the molecule is CCN(C(=O)CNCC1CCCO1)C1CC1.Cl. The van der Waals surface area contributed by atoms with Crippen LogP contribution < -0.4 is 5.32 Å². The van der Waals surface area contributed by atoms with Crippen LogP contribution in [0.5, 0.6) is 0 Å². The smallest absolute Gasteiger partial charge is 0.236 e. The Hall–Kier alpha value is -0.320. The molecule has 0 bridgehead atoms. The van der Waals surface area contributed by atoms with Gasteiger partial charge in [0.05, 0.1) is 12.6 Å². The van der Waals surface area contributed by atoms with Crippen LogP contribution in [0.2, 0.25) is 0 Å². The van der Waals surface area contributed by atoms with Crippen LogP contribution in [-0.4, -0.2) is 49.2 Å². The molecule has 1 amide bonds. The zero-order valence-electron chi connectivity index (χ0n) is 10.5. The van der Waals surface area contributed by atoms with Gasteiger partial charge >= 0.3 is 0 Å². The Bertz CT molecular complexity index is 241. The van der Waals surface area contributed by atoms with Crippen molar-refractivity contribution < 1.29 is 9.53 Å². The van der Waals surface area contributed by atoms with Crippen molar-refractivity contribution in [1.82, 2.24) is 10.2 Å². The molecule has 100 valence electrons. The Balaban J connectivity index is 0.00000144. The minimum atomic E-state index is 0. The summed E-state index contributed by atoms with van der Waals surface area (Å²) in [5.74, 6) is 0.239. The highest BCUT2D eigenvalue weighted by atomic mass is 35.5. The van der Waals surface area contributed by atoms with Gasteiger partial charge in [-0.05, 0) is 32.6 Å². The Labute approximate surface area is 109 Å². The van der Waals surface area contributed by atoms with Gasteiger partial charge in [0.15, 0.2) is 0 Å². The first-order valence-corrected chi connectivity index (χ1v) is 6.43. The Kier molecular flexibility index (Phi) is 6.23. The fourth-order valence-corrected chi connectivity index (χ4v) is 2.27. The van der Waals surface area contributed by atoms with E-state index in [1.165, 1.54) is 12.8 Å². The molecular formula is C12H23ClN2O2. The second kappa shape index (κ2) is 7.19. The number of ether oxygens (including phenoxy) is 1. The van der Waals surface area contributed by atoms with Gasteiger partial charge in [0, 0.05) is 25.7 Å². The Morgan fingerprint density at radius 2 is 2.18 bits per heavy atom. The maximum Gasteiger partial charge on any atom is 0.236 e. The molecule has 4 nitrogen and oxygen atoms in total. The Morgan fingerprint density at radius 1 is 1.41 bits per heavy atom. The summed E-state index contributed by atoms with van der Waals surface area (Å²) in [6, 6.07) is 0.530. The van der Waals surface area contributed by atoms with Crippen LogP contribution in [0.3, 0.4) is 0 Å². The molecule has 5 heteroatoms. The fourth-order valence-electron chi connectivity index (χ4n) is 2.27. The first-order chi connectivity index (χ1) is 7.81. The van der Waals surface area contributed by atoms with Crippen molar-refractivity contribution >= 4 is 18.3 Å². The second-order valence-corrected chi connectivity index (χ2v) is 4.68. The van der Waals surface area contributed by atoms with E-state index in [1.54, 1.807) is 0 Å². The number of hydrogen-bond donors (Lipinski definition) is 1. The van der Waals surface area contributed by atoms with Crippen molar-refractivity contribution in [2.75, 3.05) is 26.2 Å². The van der Waals surface area contributed by atoms with Gasteiger partial charge in [0.2, 0.25) is 5.91 Å². The van der Waals surface area contributed by atoms with Crippen LogP contribution >= 0.6 is 12.4 Å². The number of nitrogens with zero attached hydrogens (tertiary/aromatic N) is 1. The van der Waals surface area contributed by atoms with E-state index in [9.17, 15) is 4.79 Å². The number of nitrogens with one attached hydrogen (secondary N) is 1. The average Bonchev–Trinajstić information content (AvgIpc) is 2.96. The molecule has 1 aliphatic carbocycles. The third-order valence-corrected chi connectivity index (χ3v) is 3.32. The fraction of sp³-hybridized carbons (Fsp3) is 0.917. The molecule has 2 fully saturated rings. The number of halogens is 1. The predicted octanol–water partition coefficient (Wildman–Crippen LogP) is 1.19. The standard InChI is InChI=1S/C12H22N2O2.ClH/c1-2-14(10-5-6-10)12(15)9-13-8-11-4-3-7-16-11;/h10-11,13H,2-9H2,1H3;1H. The molecule has 17 heavy (non-hydrogen) atoms. The lowest BCUT2D eigenvalue weighted by atomic mass is 10.2. The average molecular weight is 263 g/mol. The molecule has 1 unspecified atom stereocenters. The van der Waals surface area contributed by atoms with E-state index in [0.29, 0.717) is 18.7 Å². The molecule has 0 spiro atoms. The maximum absolute atomic E-state index is 11.9. The van der Waals surface area contributed by atoms with E-state index in [-0.39, 0.29) is 18.3 Å². The number of carbonyl (C=O) groups excluding carboxylic acids is 1. The van der Waals surface area contributed by atoms with Gasteiger partial charge in [-0.1, -0.05) is 0 Å². The molecular weight excluding hydrogens is 240 g/mol. The lowest BCUT2D eigenvalue weighted by Gasteiger charge is -2.21. The van der Waals surface area contributed by atoms with Crippen molar-refractivity contribution in [3.05, 3.63) is 0 Å². The van der Waals surface area contributed by atoms with Gasteiger partial charge in [0.1, 0.15) is 0 Å². The van der Waals surface area contributed by atoms with Gasteiger partial charge < -0.3 is 15.0 Å². The molecule has 0 aromatic rings. The predicted molar refractivity (Wildman–Crippen MR) is 69.5 cm³/mol. The number of rotatable bonds is 6. The molecule has 1 aliphatic heterocycles. The molecule has 1 atom stereocenters. The quantitative estimate of drug-likeness (QED) is 0.782. The summed E-state index contributed by atoms with van der Waals surface area (Å²) in [4.78, 5) is 13.8. The lowest BCUT2D eigenvalue weighted by molar-refractivity contribution is -0.130. The van der Waals surface area contributed by atoms with Crippen LogP contribution in [0, 0.1) is 0 Å². The van der Waals surface area contributed by atoms with E-state index in [2.05, 4.69) is 12.2 Å². The largest absolute Gasteiger partial charge is 0.377 e. The lowest BCUT2D eigenvalue weighted by Crippen LogP contribution is -2.41. The minimum absolute atomic E-state index is 0. The van der Waals surface area contributed by atoms with Crippen molar-refractivity contribution in [2.24, 2.45) is 0 Å². The van der Waals surface area contributed by atoms with Gasteiger partial charge in [0.25, 0.3) is 0 Å². The monoisotopic (exact) mass is 262 g/mol. The summed E-state index contributed by atoms with van der Waals surface area (Å²) in [7, 11) is 0. The van der Waals surface area contributed by atoms with Gasteiger partial charge in [-0.15, -0.1) is 12.4 Å². The van der Waals surface area contributed by atoms with Crippen LogP contribution in [0.25, 0.3) is 0 Å². The number of hydrogen-bond acceptors (Lipinski definition) is 3. The summed E-state index contributed by atoms with van der Waals surface area (Å²) >= 11 is 0. The van der Waals surface area contributed by atoms with Crippen molar-refractivity contribution in [3.8, 4) is 0 Å². The highest BCUT2D eigenvalue weighted by Crippen LogP contribution is 2.26. The van der Waals surface area contributed by atoms with Crippen LogP contribution in [0.15, 0.2) is 0 Å². The molecule has 1 saturated heterocycles. The van der Waals surface area contributed by atoms with E-state index in [4.69, 9.17) is 4.74 Å². The van der Waals surface area contributed by atoms with E-state index >= 15 is 0 Å². The molecule has 0 aromatic carbocycles. The minimum Gasteiger partial charge on any atom is -0.377 e. The third-order valence-electron chi connectivity index (χ3n) is 3.32. The number of likely N-dealkylation sites (N-methyl/N-ethyl adjacent to an activating group) is 1. The molecule has 1 saturated carbocycles.